The molecule has 1 aromatic heterocycles. The molecular formula is C20H25F2N3O2S. The summed E-state index contributed by atoms with van der Waals surface area (Å²) in [6.45, 7) is 4.72. The molecule has 5 nitrogen and oxygen atoms in total. The summed E-state index contributed by atoms with van der Waals surface area (Å²) in [5, 5.41) is 0.471. The number of carbonyl (C=O) groups is 1. The molecule has 28 heavy (non-hydrogen) atoms. The van der Waals surface area contributed by atoms with E-state index in [-0.39, 0.29) is 17.3 Å². The first-order valence-electron chi connectivity index (χ1n) is 9.99. The number of ether oxygens (including phenoxy) is 1. The van der Waals surface area contributed by atoms with Crippen LogP contribution in [0.1, 0.15) is 32.1 Å². The molecule has 1 aliphatic carbocycles. The molecule has 4 rings (SSSR count). The van der Waals surface area contributed by atoms with Crippen LogP contribution in [0.2, 0.25) is 0 Å². The molecule has 1 saturated heterocycles. The van der Waals surface area contributed by atoms with Gasteiger partial charge in [0.1, 0.15) is 11.3 Å². The number of carbonyl (C=O) groups excluding carboxylic acids is 1. The number of amides is 1. The molecule has 0 bridgehead atoms. The summed E-state index contributed by atoms with van der Waals surface area (Å²) < 4.78 is 33.5. The summed E-state index contributed by atoms with van der Waals surface area (Å²) in [6, 6.07) is 2.12. The third-order valence-corrected chi connectivity index (χ3v) is 6.59. The SMILES string of the molecule is O=C(C1CCCC1)N(CCCN1CCOCC1)c1nc2c(F)cc(F)cc2s1. The van der Waals surface area contributed by atoms with Crippen LogP contribution in [0.3, 0.4) is 0 Å². The van der Waals surface area contributed by atoms with Gasteiger partial charge in [-0.15, -0.1) is 0 Å². The van der Waals surface area contributed by atoms with E-state index in [1.807, 2.05) is 0 Å². The fourth-order valence-electron chi connectivity index (χ4n) is 4.03. The Labute approximate surface area is 167 Å². The zero-order valence-electron chi connectivity index (χ0n) is 15.8. The summed E-state index contributed by atoms with van der Waals surface area (Å²) in [7, 11) is 0. The van der Waals surface area contributed by atoms with E-state index < -0.39 is 11.6 Å². The number of thiazole rings is 1. The molecule has 2 aromatic rings. The number of fused-ring (bicyclic) bond motifs is 1. The predicted molar refractivity (Wildman–Crippen MR) is 106 cm³/mol. The number of hydrogen-bond donors (Lipinski definition) is 0. The zero-order chi connectivity index (χ0) is 19.5. The Morgan fingerprint density at radius 2 is 2.00 bits per heavy atom. The molecule has 0 unspecified atom stereocenters. The maximum atomic E-state index is 14.1. The number of rotatable bonds is 6. The van der Waals surface area contributed by atoms with Crippen molar-refractivity contribution in [3.8, 4) is 0 Å². The van der Waals surface area contributed by atoms with Crippen LogP contribution in [0.15, 0.2) is 12.1 Å². The Balaban J connectivity index is 1.53. The van der Waals surface area contributed by atoms with Crippen molar-refractivity contribution >= 4 is 32.6 Å². The average Bonchev–Trinajstić information content (AvgIpc) is 3.35. The highest BCUT2D eigenvalue weighted by atomic mass is 32.1. The van der Waals surface area contributed by atoms with Gasteiger partial charge < -0.3 is 4.74 Å². The van der Waals surface area contributed by atoms with Crippen molar-refractivity contribution in [1.29, 1.82) is 0 Å². The minimum absolute atomic E-state index is 0.0111. The second-order valence-electron chi connectivity index (χ2n) is 7.51. The normalized spacial score (nSPS) is 18.8. The molecule has 8 heteroatoms. The lowest BCUT2D eigenvalue weighted by Gasteiger charge is -2.28. The summed E-state index contributed by atoms with van der Waals surface area (Å²) in [5.41, 5.74) is 0.138. The summed E-state index contributed by atoms with van der Waals surface area (Å²) in [4.78, 5) is 21.5. The van der Waals surface area contributed by atoms with Crippen molar-refractivity contribution in [2.24, 2.45) is 5.92 Å². The average molecular weight is 410 g/mol. The fraction of sp³-hybridized carbons (Fsp3) is 0.600. The minimum atomic E-state index is -0.681. The first-order valence-corrected chi connectivity index (χ1v) is 10.8. The van der Waals surface area contributed by atoms with Gasteiger partial charge in [-0.2, -0.15) is 0 Å². The highest BCUT2D eigenvalue weighted by Gasteiger charge is 2.30. The lowest BCUT2D eigenvalue weighted by atomic mass is 10.1. The molecule has 0 atom stereocenters. The van der Waals surface area contributed by atoms with Crippen molar-refractivity contribution in [3.63, 3.8) is 0 Å². The number of aromatic nitrogens is 1. The monoisotopic (exact) mass is 409 g/mol. The molecule has 1 saturated carbocycles. The molecule has 2 fully saturated rings. The first-order chi connectivity index (χ1) is 13.6. The third kappa shape index (κ3) is 4.34. The van der Waals surface area contributed by atoms with E-state index in [9.17, 15) is 13.6 Å². The molecule has 1 aliphatic heterocycles. The number of benzene rings is 1. The molecule has 1 aromatic carbocycles. The molecular weight excluding hydrogens is 384 g/mol. The second kappa shape index (κ2) is 8.80. The van der Waals surface area contributed by atoms with E-state index >= 15 is 0 Å². The molecule has 152 valence electrons. The van der Waals surface area contributed by atoms with E-state index in [0.29, 0.717) is 16.4 Å². The smallest absolute Gasteiger partial charge is 0.231 e. The van der Waals surface area contributed by atoms with Crippen LogP contribution < -0.4 is 4.90 Å². The van der Waals surface area contributed by atoms with Crippen LogP contribution in [0.5, 0.6) is 0 Å². The summed E-state index contributed by atoms with van der Waals surface area (Å²) in [5.74, 6) is -1.23. The largest absolute Gasteiger partial charge is 0.379 e. The minimum Gasteiger partial charge on any atom is -0.379 e. The zero-order valence-corrected chi connectivity index (χ0v) is 16.6. The second-order valence-corrected chi connectivity index (χ2v) is 8.52. The number of nitrogens with zero attached hydrogens (tertiary/aromatic N) is 3. The van der Waals surface area contributed by atoms with E-state index in [2.05, 4.69) is 9.88 Å². The molecule has 2 heterocycles. The molecule has 2 aliphatic rings. The van der Waals surface area contributed by atoms with Crippen LogP contribution in [0, 0.1) is 17.6 Å². The lowest BCUT2D eigenvalue weighted by Crippen LogP contribution is -2.40. The molecule has 0 radical (unpaired) electrons. The number of hydrogen-bond acceptors (Lipinski definition) is 5. The van der Waals surface area contributed by atoms with Crippen molar-refractivity contribution in [2.45, 2.75) is 32.1 Å². The van der Waals surface area contributed by atoms with Crippen molar-refractivity contribution in [3.05, 3.63) is 23.8 Å². The van der Waals surface area contributed by atoms with Gasteiger partial charge in [-0.25, -0.2) is 13.8 Å². The van der Waals surface area contributed by atoms with Crippen LogP contribution in [-0.2, 0) is 9.53 Å². The Bertz CT molecular complexity index is 832. The van der Waals surface area contributed by atoms with E-state index in [1.165, 1.54) is 17.4 Å². The molecule has 1 amide bonds. The highest BCUT2D eigenvalue weighted by molar-refractivity contribution is 7.22. The first kappa shape index (κ1) is 19.7. The van der Waals surface area contributed by atoms with Gasteiger partial charge in [0, 0.05) is 38.2 Å². The van der Waals surface area contributed by atoms with Gasteiger partial charge in [0.15, 0.2) is 10.9 Å². The van der Waals surface area contributed by atoms with Crippen molar-refractivity contribution in [2.75, 3.05) is 44.3 Å². The molecule has 0 spiro atoms. The van der Waals surface area contributed by atoms with Gasteiger partial charge >= 0.3 is 0 Å². The summed E-state index contributed by atoms with van der Waals surface area (Å²) >= 11 is 1.19. The molecule has 0 N–H and O–H groups in total. The lowest BCUT2D eigenvalue weighted by molar-refractivity contribution is -0.122. The van der Waals surface area contributed by atoms with Gasteiger partial charge in [-0.1, -0.05) is 24.2 Å². The van der Waals surface area contributed by atoms with Gasteiger partial charge in [0.25, 0.3) is 0 Å². The Kier molecular flexibility index (Phi) is 6.18. The van der Waals surface area contributed by atoms with Crippen LogP contribution in [0.4, 0.5) is 13.9 Å². The standard InChI is InChI=1S/C20H25F2N3O2S/c21-15-12-16(22)18-17(13-15)28-20(23-18)25(19(26)14-4-1-2-5-14)7-3-6-24-8-10-27-11-9-24/h12-14H,1-11H2. The predicted octanol–water partition coefficient (Wildman–Crippen LogP) is 3.82. The Morgan fingerprint density at radius 3 is 2.75 bits per heavy atom. The van der Waals surface area contributed by atoms with Crippen molar-refractivity contribution in [1.82, 2.24) is 9.88 Å². The van der Waals surface area contributed by atoms with Gasteiger partial charge in [-0.05, 0) is 25.3 Å². The maximum absolute atomic E-state index is 14.1. The van der Waals surface area contributed by atoms with Crippen LogP contribution >= 0.6 is 11.3 Å². The Morgan fingerprint density at radius 1 is 1.25 bits per heavy atom. The van der Waals surface area contributed by atoms with Gasteiger partial charge in [0.05, 0.1) is 17.9 Å². The quantitative estimate of drug-likeness (QED) is 0.728. The van der Waals surface area contributed by atoms with Gasteiger partial charge in [0.2, 0.25) is 5.91 Å². The number of anilines is 1. The maximum Gasteiger partial charge on any atom is 0.231 e. The topological polar surface area (TPSA) is 45.7 Å². The third-order valence-electron chi connectivity index (χ3n) is 5.56. The van der Waals surface area contributed by atoms with E-state index in [0.717, 1.165) is 71.0 Å². The van der Waals surface area contributed by atoms with Crippen molar-refractivity contribution < 1.29 is 18.3 Å². The highest BCUT2D eigenvalue weighted by Crippen LogP contribution is 2.34. The van der Waals surface area contributed by atoms with Crippen LogP contribution in [-0.4, -0.2) is 55.2 Å². The fourth-order valence-corrected chi connectivity index (χ4v) is 5.07. The van der Waals surface area contributed by atoms with E-state index in [1.54, 1.807) is 4.90 Å². The number of halogens is 2. The van der Waals surface area contributed by atoms with Gasteiger partial charge in [-0.3, -0.25) is 14.6 Å². The van der Waals surface area contributed by atoms with Crippen LogP contribution in [0.25, 0.3) is 10.2 Å². The Hall–Kier alpha value is -1.64. The summed E-state index contributed by atoms with van der Waals surface area (Å²) in [6.07, 6.45) is 4.74. The van der Waals surface area contributed by atoms with E-state index in [4.69, 9.17) is 4.74 Å². The number of morpholine rings is 1.